The summed E-state index contributed by atoms with van der Waals surface area (Å²) < 4.78 is 23.2. The number of allylic oxidation sites excluding steroid dienone is 1. The number of nitro groups is 1. The third-order valence-corrected chi connectivity index (χ3v) is 6.16. The molecule has 2 aliphatic rings. The monoisotopic (exact) mass is 521 g/mol. The Labute approximate surface area is 202 Å². The van der Waals surface area contributed by atoms with Gasteiger partial charge in [-0.05, 0) is 57.4 Å². The maximum atomic E-state index is 10.8. The number of non-ortho nitro benzene ring substituents is 1. The average molecular weight is 522 g/mol. The van der Waals surface area contributed by atoms with Crippen LogP contribution in [0.25, 0.3) is 0 Å². The van der Waals surface area contributed by atoms with E-state index in [4.69, 9.17) is 24.7 Å². The Balaban J connectivity index is 1.43. The molecule has 0 unspecified atom stereocenters. The highest BCUT2D eigenvalue weighted by molar-refractivity contribution is 9.10. The van der Waals surface area contributed by atoms with Crippen molar-refractivity contribution in [2.24, 2.45) is 5.73 Å². The van der Waals surface area contributed by atoms with Crippen molar-refractivity contribution in [3.63, 3.8) is 0 Å². The van der Waals surface area contributed by atoms with Gasteiger partial charge in [-0.25, -0.2) is 0 Å². The number of hydrogen-bond acceptors (Lipinski definition) is 8. The highest BCUT2D eigenvalue weighted by atomic mass is 79.9. The van der Waals surface area contributed by atoms with E-state index < -0.39 is 10.8 Å². The molecule has 2 heterocycles. The summed E-state index contributed by atoms with van der Waals surface area (Å²) in [6, 6.07) is 17.4. The summed E-state index contributed by atoms with van der Waals surface area (Å²) in [4.78, 5) is 10.4. The summed E-state index contributed by atoms with van der Waals surface area (Å²) in [6.07, 6.45) is 0. The van der Waals surface area contributed by atoms with Crippen molar-refractivity contribution in [1.29, 1.82) is 5.26 Å². The van der Waals surface area contributed by atoms with Gasteiger partial charge in [0.05, 0.1) is 15.3 Å². The van der Waals surface area contributed by atoms with Crippen LogP contribution in [0.5, 0.6) is 23.0 Å². The summed E-state index contributed by atoms with van der Waals surface area (Å²) in [5.74, 6) is 1.78. The van der Waals surface area contributed by atoms with Crippen LogP contribution in [0.4, 0.5) is 5.69 Å². The van der Waals surface area contributed by atoms with Crippen LogP contribution in [0.3, 0.4) is 0 Å². The highest BCUT2D eigenvalue weighted by Gasteiger charge is 2.33. The number of hydrogen-bond donors (Lipinski definition) is 1. The Kier molecular flexibility index (Phi) is 5.47. The molecule has 34 heavy (non-hydrogen) atoms. The molecule has 2 aliphatic heterocycles. The predicted octanol–water partition coefficient (Wildman–Crippen LogP) is 4.88. The lowest BCUT2D eigenvalue weighted by molar-refractivity contribution is -0.384. The maximum absolute atomic E-state index is 10.8. The lowest BCUT2D eigenvalue weighted by Gasteiger charge is -2.27. The molecule has 0 bridgehead atoms. The molecule has 0 fully saturated rings. The van der Waals surface area contributed by atoms with Crippen LogP contribution in [0.15, 0.2) is 70.5 Å². The molecule has 170 valence electrons. The van der Waals surface area contributed by atoms with Crippen molar-refractivity contribution in [1.82, 2.24) is 0 Å². The zero-order valence-electron chi connectivity index (χ0n) is 17.5. The molecular formula is C24H16BrN3O6. The average Bonchev–Trinajstić information content (AvgIpc) is 3.28. The smallest absolute Gasteiger partial charge is 0.269 e. The van der Waals surface area contributed by atoms with Gasteiger partial charge in [-0.3, -0.25) is 10.1 Å². The lowest BCUT2D eigenvalue weighted by Crippen LogP contribution is -2.21. The lowest BCUT2D eigenvalue weighted by atomic mass is 9.83. The Morgan fingerprint density at radius 1 is 1.12 bits per heavy atom. The van der Waals surface area contributed by atoms with Gasteiger partial charge in [-0.2, -0.15) is 5.26 Å². The molecule has 0 aromatic heterocycles. The topological polar surface area (TPSA) is 130 Å². The molecule has 10 heteroatoms. The Morgan fingerprint density at radius 3 is 2.53 bits per heavy atom. The third kappa shape index (κ3) is 3.86. The van der Waals surface area contributed by atoms with Crippen molar-refractivity contribution in [3.8, 4) is 29.1 Å². The third-order valence-electron chi connectivity index (χ3n) is 5.54. The number of nitro benzene ring substituents is 1. The highest BCUT2D eigenvalue weighted by Crippen LogP contribution is 2.48. The molecule has 5 rings (SSSR count). The van der Waals surface area contributed by atoms with Crippen LogP contribution < -0.4 is 24.7 Å². The second-order valence-corrected chi connectivity index (χ2v) is 8.42. The zero-order valence-corrected chi connectivity index (χ0v) is 19.1. The van der Waals surface area contributed by atoms with Crippen LogP contribution in [0.2, 0.25) is 0 Å². The number of benzene rings is 3. The van der Waals surface area contributed by atoms with E-state index >= 15 is 0 Å². The molecule has 0 spiro atoms. The van der Waals surface area contributed by atoms with E-state index in [0.717, 1.165) is 16.7 Å². The van der Waals surface area contributed by atoms with Gasteiger partial charge in [0, 0.05) is 23.8 Å². The second kappa shape index (κ2) is 8.61. The van der Waals surface area contributed by atoms with Gasteiger partial charge < -0.3 is 24.7 Å². The van der Waals surface area contributed by atoms with Crippen LogP contribution in [-0.4, -0.2) is 11.7 Å². The summed E-state index contributed by atoms with van der Waals surface area (Å²) in [6.45, 7) is 0.346. The fraction of sp³-hybridized carbons (Fsp3) is 0.125. The Bertz CT molecular complexity index is 1380. The molecule has 3 aromatic carbocycles. The minimum absolute atomic E-state index is 0.0225. The van der Waals surface area contributed by atoms with E-state index in [-0.39, 0.29) is 30.5 Å². The summed E-state index contributed by atoms with van der Waals surface area (Å²) in [5, 5.41) is 20.6. The number of ether oxygens (including phenoxy) is 4. The fourth-order valence-corrected chi connectivity index (χ4v) is 4.39. The van der Waals surface area contributed by atoms with Crippen molar-refractivity contribution in [2.75, 3.05) is 6.79 Å². The van der Waals surface area contributed by atoms with E-state index in [1.807, 2.05) is 12.1 Å². The van der Waals surface area contributed by atoms with Gasteiger partial charge in [-0.1, -0.05) is 6.07 Å². The zero-order chi connectivity index (χ0) is 23.8. The van der Waals surface area contributed by atoms with E-state index in [9.17, 15) is 15.4 Å². The van der Waals surface area contributed by atoms with Gasteiger partial charge in [0.15, 0.2) is 11.5 Å². The van der Waals surface area contributed by atoms with Gasteiger partial charge >= 0.3 is 0 Å². The number of fused-ring (bicyclic) bond motifs is 2. The minimum Gasteiger partial charge on any atom is -0.488 e. The van der Waals surface area contributed by atoms with E-state index in [0.29, 0.717) is 27.5 Å². The molecule has 3 aromatic rings. The number of halogens is 1. The molecule has 0 saturated carbocycles. The quantitative estimate of drug-likeness (QED) is 0.371. The minimum atomic E-state index is -0.469. The second-order valence-electron chi connectivity index (χ2n) is 7.57. The first-order valence-electron chi connectivity index (χ1n) is 10.1. The molecule has 0 saturated heterocycles. The molecule has 0 amide bonds. The standard InChI is InChI=1S/C24H16BrN3O6/c25-18-7-14(3-6-19(18)31-11-13-1-4-15(5-2-13)28(29)30)23-16-8-21-22(33-12-32-21)9-20(16)34-24(27)17(23)10-26/h1-9,23H,11-12,27H2/t23-/m1/s1. The Morgan fingerprint density at radius 2 is 1.85 bits per heavy atom. The van der Waals surface area contributed by atoms with E-state index in [2.05, 4.69) is 22.0 Å². The molecule has 2 N–H and O–H groups in total. The van der Waals surface area contributed by atoms with Crippen molar-refractivity contribution < 1.29 is 23.9 Å². The number of nitrogens with zero attached hydrogens (tertiary/aromatic N) is 2. The SMILES string of the molecule is N#CC1=C(N)Oc2cc3c(cc2[C@H]1c1ccc(OCc2ccc([N+](=O)[O-])cc2)c(Br)c1)OCO3. The first-order chi connectivity index (χ1) is 16.4. The molecule has 0 radical (unpaired) electrons. The first-order valence-corrected chi connectivity index (χ1v) is 10.9. The molecule has 0 aliphatic carbocycles. The summed E-state index contributed by atoms with van der Waals surface area (Å²) >= 11 is 3.54. The predicted molar refractivity (Wildman–Crippen MR) is 123 cm³/mol. The summed E-state index contributed by atoms with van der Waals surface area (Å²) in [7, 11) is 0. The van der Waals surface area contributed by atoms with Crippen LogP contribution >= 0.6 is 15.9 Å². The number of rotatable bonds is 5. The first kappa shape index (κ1) is 21.6. The van der Waals surface area contributed by atoms with Gasteiger partial charge in [0.2, 0.25) is 12.7 Å². The fourth-order valence-electron chi connectivity index (χ4n) is 3.88. The Hall–Kier alpha value is -4.23. The van der Waals surface area contributed by atoms with Gasteiger partial charge in [0.25, 0.3) is 5.69 Å². The van der Waals surface area contributed by atoms with Crippen molar-refractivity contribution in [2.45, 2.75) is 12.5 Å². The molecule has 1 atom stereocenters. The van der Waals surface area contributed by atoms with Crippen LogP contribution in [0.1, 0.15) is 22.6 Å². The van der Waals surface area contributed by atoms with E-state index in [1.54, 1.807) is 30.3 Å². The normalized spacial score (nSPS) is 15.8. The van der Waals surface area contributed by atoms with Crippen molar-refractivity contribution in [3.05, 3.63) is 97.3 Å². The number of nitrogens with two attached hydrogens (primary N) is 1. The van der Waals surface area contributed by atoms with Gasteiger partial charge in [-0.15, -0.1) is 0 Å². The number of nitriles is 1. The van der Waals surface area contributed by atoms with Crippen LogP contribution in [0, 0.1) is 21.4 Å². The van der Waals surface area contributed by atoms with Crippen molar-refractivity contribution >= 4 is 21.6 Å². The van der Waals surface area contributed by atoms with Crippen LogP contribution in [-0.2, 0) is 6.61 Å². The summed E-state index contributed by atoms with van der Waals surface area (Å²) in [5.41, 5.74) is 8.71. The van der Waals surface area contributed by atoms with Gasteiger partial charge in [0.1, 0.15) is 29.7 Å². The van der Waals surface area contributed by atoms with E-state index in [1.165, 1.54) is 12.1 Å². The largest absolute Gasteiger partial charge is 0.488 e. The maximum Gasteiger partial charge on any atom is 0.269 e. The molecule has 9 nitrogen and oxygen atoms in total. The molecular weight excluding hydrogens is 506 g/mol.